The Morgan fingerprint density at radius 1 is 1.00 bits per heavy atom. The summed E-state index contributed by atoms with van der Waals surface area (Å²) >= 11 is 0. The fourth-order valence-electron chi connectivity index (χ4n) is 4.20. The Morgan fingerprint density at radius 2 is 1.73 bits per heavy atom. The van der Waals surface area contributed by atoms with E-state index in [1.54, 1.807) is 6.20 Å². The van der Waals surface area contributed by atoms with E-state index in [2.05, 4.69) is 27.7 Å². The molecule has 2 fully saturated rings. The number of pyridine rings is 1. The first-order chi connectivity index (χ1) is 14.8. The summed E-state index contributed by atoms with van der Waals surface area (Å²) in [5, 5.41) is 7.32. The fraction of sp³-hybridized carbons (Fsp3) is 0.391. The number of benzene rings is 1. The number of hydrogen-bond donors (Lipinski definition) is 1. The molecule has 1 aromatic carbocycles. The second-order valence-electron chi connectivity index (χ2n) is 7.77. The summed E-state index contributed by atoms with van der Waals surface area (Å²) in [6.07, 6.45) is 5.34. The minimum atomic E-state index is -0.258. The van der Waals surface area contributed by atoms with Gasteiger partial charge in [-0.25, -0.2) is 10.3 Å². The lowest BCUT2D eigenvalue weighted by molar-refractivity contribution is 0.0844. The molecule has 2 aromatic rings. The van der Waals surface area contributed by atoms with Crippen LogP contribution in [0.3, 0.4) is 0 Å². The number of rotatable bonds is 4. The molecule has 4 heterocycles. The van der Waals surface area contributed by atoms with Crippen LogP contribution in [-0.4, -0.2) is 50.4 Å². The van der Waals surface area contributed by atoms with Gasteiger partial charge >= 0.3 is 0 Å². The normalized spacial score (nSPS) is 19.3. The lowest BCUT2D eigenvalue weighted by Gasteiger charge is -2.29. The van der Waals surface area contributed by atoms with Crippen molar-refractivity contribution < 1.29 is 14.3 Å². The van der Waals surface area contributed by atoms with Gasteiger partial charge in [-0.15, -0.1) is 0 Å². The lowest BCUT2D eigenvalue weighted by Crippen LogP contribution is -2.36. The van der Waals surface area contributed by atoms with E-state index < -0.39 is 0 Å². The third-order valence-corrected chi connectivity index (χ3v) is 5.88. The quantitative estimate of drug-likeness (QED) is 0.841. The maximum absolute atomic E-state index is 12.5. The lowest BCUT2D eigenvalue weighted by atomic mass is 9.93. The average molecular weight is 405 g/mol. The molecule has 0 atom stereocenters. The predicted octanol–water partition coefficient (Wildman–Crippen LogP) is 3.28. The monoisotopic (exact) mass is 405 g/mol. The van der Waals surface area contributed by atoms with Gasteiger partial charge in [-0.2, -0.15) is 0 Å². The van der Waals surface area contributed by atoms with E-state index in [9.17, 15) is 4.79 Å². The summed E-state index contributed by atoms with van der Waals surface area (Å²) < 4.78 is 10.9. The van der Waals surface area contributed by atoms with Crippen molar-refractivity contribution in [3.05, 3.63) is 53.4 Å². The number of anilines is 3. The predicted molar refractivity (Wildman–Crippen MR) is 115 cm³/mol. The zero-order valence-electron chi connectivity index (χ0n) is 16.8. The van der Waals surface area contributed by atoms with Crippen LogP contribution in [0, 0.1) is 0 Å². The summed E-state index contributed by atoms with van der Waals surface area (Å²) in [5.74, 6) is 0.660. The van der Waals surface area contributed by atoms with Gasteiger partial charge in [-0.3, -0.25) is 4.79 Å². The number of morpholine rings is 1. The SMILES string of the molecule is O=C1[N]C=Cc2cc(C3CCOCC3)nc(Nc3ccc(N4CCOCC4)cc3)c21. The van der Waals surface area contributed by atoms with Crippen LogP contribution in [-0.2, 0) is 9.47 Å². The van der Waals surface area contributed by atoms with Crippen molar-refractivity contribution in [1.82, 2.24) is 10.3 Å². The van der Waals surface area contributed by atoms with E-state index in [4.69, 9.17) is 14.5 Å². The van der Waals surface area contributed by atoms with Crippen molar-refractivity contribution in [2.24, 2.45) is 0 Å². The van der Waals surface area contributed by atoms with Gasteiger partial charge in [-0.05, 0) is 54.8 Å². The van der Waals surface area contributed by atoms with E-state index in [0.29, 0.717) is 17.3 Å². The third-order valence-electron chi connectivity index (χ3n) is 5.88. The number of nitrogens with one attached hydrogen (secondary N) is 1. The van der Waals surface area contributed by atoms with Gasteiger partial charge in [0.25, 0.3) is 5.91 Å². The molecule has 30 heavy (non-hydrogen) atoms. The van der Waals surface area contributed by atoms with Crippen molar-refractivity contribution in [3.8, 4) is 0 Å². The summed E-state index contributed by atoms with van der Waals surface area (Å²) in [5.41, 5.74) is 4.48. The van der Waals surface area contributed by atoms with E-state index in [1.807, 2.05) is 24.3 Å². The van der Waals surface area contributed by atoms with Gasteiger partial charge in [-0.1, -0.05) is 0 Å². The van der Waals surface area contributed by atoms with Crippen LogP contribution < -0.4 is 15.5 Å². The van der Waals surface area contributed by atoms with Crippen LogP contribution in [0.15, 0.2) is 36.5 Å². The molecule has 155 valence electrons. The van der Waals surface area contributed by atoms with Crippen molar-refractivity contribution in [2.75, 3.05) is 49.7 Å². The second kappa shape index (κ2) is 8.45. The molecule has 1 N–H and O–H groups in total. The van der Waals surface area contributed by atoms with Crippen LogP contribution >= 0.6 is 0 Å². The molecule has 3 aliphatic heterocycles. The number of fused-ring (bicyclic) bond motifs is 1. The first-order valence-electron chi connectivity index (χ1n) is 10.5. The van der Waals surface area contributed by atoms with Crippen LogP contribution in [0.1, 0.15) is 40.4 Å². The number of nitrogens with zero attached hydrogens (tertiary/aromatic N) is 3. The molecular weight excluding hydrogens is 380 g/mol. The Balaban J connectivity index is 1.44. The number of carbonyl (C=O) groups excluding carboxylic acids is 1. The van der Waals surface area contributed by atoms with Gasteiger partial charge in [0.15, 0.2) is 0 Å². The Labute approximate surface area is 176 Å². The highest BCUT2D eigenvalue weighted by atomic mass is 16.5. The second-order valence-corrected chi connectivity index (χ2v) is 7.77. The Kier molecular flexibility index (Phi) is 5.38. The number of hydrogen-bond acceptors (Lipinski definition) is 6. The van der Waals surface area contributed by atoms with Crippen LogP contribution in [0.4, 0.5) is 17.2 Å². The maximum Gasteiger partial charge on any atom is 0.281 e. The molecule has 0 bridgehead atoms. The first-order valence-corrected chi connectivity index (χ1v) is 10.5. The summed E-state index contributed by atoms with van der Waals surface area (Å²) in [6, 6.07) is 10.3. The van der Waals surface area contributed by atoms with E-state index >= 15 is 0 Å². The van der Waals surface area contributed by atoms with E-state index in [-0.39, 0.29) is 5.91 Å². The van der Waals surface area contributed by atoms with Crippen molar-refractivity contribution in [2.45, 2.75) is 18.8 Å². The standard InChI is InChI=1S/C23H25N4O3/c28-23-21-17(5-8-24-23)15-20(16-6-11-29-12-7-16)26-22(21)25-18-1-3-19(4-2-18)27-9-13-30-14-10-27/h1-5,8,15-16H,6-7,9-14H2,(H,25,26). The van der Waals surface area contributed by atoms with Crippen molar-refractivity contribution >= 4 is 29.2 Å². The molecule has 0 unspecified atom stereocenters. The zero-order chi connectivity index (χ0) is 20.3. The first kappa shape index (κ1) is 19.1. The zero-order valence-corrected chi connectivity index (χ0v) is 16.8. The minimum Gasteiger partial charge on any atom is -0.381 e. The molecule has 1 radical (unpaired) electrons. The number of amides is 1. The molecule has 1 amide bonds. The molecule has 0 spiro atoms. The van der Waals surface area contributed by atoms with Crippen LogP contribution in [0.2, 0.25) is 0 Å². The largest absolute Gasteiger partial charge is 0.381 e. The molecular formula is C23H25N4O3. The van der Waals surface area contributed by atoms with Gasteiger partial charge in [0.2, 0.25) is 0 Å². The summed E-state index contributed by atoms with van der Waals surface area (Å²) in [4.78, 5) is 19.7. The van der Waals surface area contributed by atoms with Gasteiger partial charge in [0.1, 0.15) is 5.82 Å². The molecule has 7 nitrogen and oxygen atoms in total. The number of carbonyl (C=O) groups is 1. The van der Waals surface area contributed by atoms with Crippen molar-refractivity contribution in [1.29, 1.82) is 0 Å². The molecule has 7 heteroatoms. The van der Waals surface area contributed by atoms with Gasteiger partial charge in [0.05, 0.1) is 18.8 Å². The van der Waals surface area contributed by atoms with Crippen LogP contribution in [0.5, 0.6) is 0 Å². The smallest absolute Gasteiger partial charge is 0.281 e. The average Bonchev–Trinajstić information content (AvgIpc) is 2.81. The minimum absolute atomic E-state index is 0.258. The molecule has 0 aliphatic carbocycles. The molecule has 2 saturated heterocycles. The van der Waals surface area contributed by atoms with E-state index in [1.165, 1.54) is 5.69 Å². The van der Waals surface area contributed by atoms with Crippen molar-refractivity contribution in [3.63, 3.8) is 0 Å². The number of aromatic nitrogens is 1. The molecule has 1 aromatic heterocycles. The van der Waals surface area contributed by atoms with E-state index in [0.717, 1.165) is 69.3 Å². The van der Waals surface area contributed by atoms with Gasteiger partial charge < -0.3 is 19.7 Å². The topological polar surface area (TPSA) is 77.8 Å². The third kappa shape index (κ3) is 3.91. The Bertz CT molecular complexity index is 946. The fourth-order valence-corrected chi connectivity index (χ4v) is 4.20. The highest BCUT2D eigenvalue weighted by Gasteiger charge is 2.25. The maximum atomic E-state index is 12.5. The van der Waals surface area contributed by atoms with Gasteiger partial charge in [0, 0.05) is 55.5 Å². The van der Waals surface area contributed by atoms with Crippen LogP contribution in [0.25, 0.3) is 6.08 Å². The Morgan fingerprint density at radius 3 is 2.50 bits per heavy atom. The highest BCUT2D eigenvalue weighted by molar-refractivity contribution is 6.05. The molecule has 5 rings (SSSR count). The Hall–Kier alpha value is -2.90. The molecule has 0 saturated carbocycles. The summed E-state index contributed by atoms with van der Waals surface area (Å²) in [6.45, 7) is 4.82. The highest BCUT2D eigenvalue weighted by Crippen LogP contribution is 2.33. The summed E-state index contributed by atoms with van der Waals surface area (Å²) in [7, 11) is 0. The number of ether oxygens (including phenoxy) is 2. The molecule has 3 aliphatic rings.